The second-order valence-electron chi connectivity index (χ2n) is 8.12. The first-order valence-electron chi connectivity index (χ1n) is 11.1. The van der Waals surface area contributed by atoms with Crippen molar-refractivity contribution in [1.29, 1.82) is 0 Å². The van der Waals surface area contributed by atoms with Crippen LogP contribution in [0.4, 0.5) is 5.69 Å². The van der Waals surface area contributed by atoms with Gasteiger partial charge in [0.2, 0.25) is 0 Å². The van der Waals surface area contributed by atoms with Crippen LogP contribution in [0.1, 0.15) is 52.6 Å². The Morgan fingerprint density at radius 3 is 2.03 bits per heavy atom. The summed E-state index contributed by atoms with van der Waals surface area (Å²) in [6.07, 6.45) is 0. The van der Waals surface area contributed by atoms with E-state index in [1.807, 2.05) is 36.4 Å². The van der Waals surface area contributed by atoms with Gasteiger partial charge in [-0.1, -0.05) is 72.8 Å². The largest absolute Gasteiger partial charge is 0.348 e. The van der Waals surface area contributed by atoms with E-state index in [1.54, 1.807) is 42.5 Å². The number of ketones is 1. The molecule has 0 unspecified atom stereocenters. The zero-order valence-corrected chi connectivity index (χ0v) is 18.6. The Bertz CT molecular complexity index is 1460. The van der Waals surface area contributed by atoms with E-state index in [4.69, 9.17) is 0 Å². The van der Waals surface area contributed by atoms with E-state index in [0.29, 0.717) is 23.4 Å². The maximum Gasteiger partial charge on any atom is 0.266 e. The Kier molecular flexibility index (Phi) is 5.77. The third-order valence-electron chi connectivity index (χ3n) is 5.85. The van der Waals surface area contributed by atoms with Crippen LogP contribution in [0.5, 0.6) is 0 Å². The highest BCUT2D eigenvalue weighted by Crippen LogP contribution is 2.30. The number of nitrogens with zero attached hydrogens (tertiary/aromatic N) is 1. The molecule has 0 fully saturated rings. The Labute approximate surface area is 201 Å². The zero-order chi connectivity index (χ0) is 24.4. The van der Waals surface area contributed by atoms with Crippen LogP contribution < -0.4 is 10.2 Å². The highest BCUT2D eigenvalue weighted by Gasteiger charge is 2.37. The molecular weight excluding hydrogens is 440 g/mol. The van der Waals surface area contributed by atoms with Gasteiger partial charge in [-0.25, -0.2) is 4.90 Å². The zero-order valence-electron chi connectivity index (χ0n) is 18.6. The fourth-order valence-electron chi connectivity index (χ4n) is 4.04. The molecule has 170 valence electrons. The molecule has 1 aliphatic heterocycles. The highest BCUT2D eigenvalue weighted by molar-refractivity contribution is 6.35. The monoisotopic (exact) mass is 460 g/mol. The molecule has 1 heterocycles. The summed E-state index contributed by atoms with van der Waals surface area (Å²) in [7, 11) is 0. The molecule has 5 rings (SSSR count). The second kappa shape index (κ2) is 9.19. The molecule has 4 aromatic carbocycles. The summed E-state index contributed by atoms with van der Waals surface area (Å²) >= 11 is 0. The van der Waals surface area contributed by atoms with E-state index in [-0.39, 0.29) is 28.4 Å². The number of rotatable bonds is 6. The summed E-state index contributed by atoms with van der Waals surface area (Å²) in [5.74, 6) is -1.58. The summed E-state index contributed by atoms with van der Waals surface area (Å²) in [5.41, 5.74) is 2.79. The molecule has 35 heavy (non-hydrogen) atoms. The van der Waals surface area contributed by atoms with E-state index >= 15 is 0 Å². The van der Waals surface area contributed by atoms with Gasteiger partial charge in [0, 0.05) is 23.2 Å². The number of benzene rings is 4. The van der Waals surface area contributed by atoms with Gasteiger partial charge in [-0.3, -0.25) is 19.2 Å². The first-order valence-corrected chi connectivity index (χ1v) is 11.1. The van der Waals surface area contributed by atoms with Crippen LogP contribution in [-0.4, -0.2) is 23.5 Å². The van der Waals surface area contributed by atoms with Gasteiger partial charge < -0.3 is 5.32 Å². The number of amides is 3. The number of hydrogen-bond acceptors (Lipinski definition) is 4. The van der Waals surface area contributed by atoms with Gasteiger partial charge >= 0.3 is 0 Å². The van der Waals surface area contributed by atoms with Crippen LogP contribution in [0.2, 0.25) is 0 Å². The van der Waals surface area contributed by atoms with E-state index in [1.165, 1.54) is 24.3 Å². The van der Waals surface area contributed by atoms with Gasteiger partial charge in [0.1, 0.15) is 0 Å². The van der Waals surface area contributed by atoms with Gasteiger partial charge in [-0.05, 0) is 35.9 Å². The molecule has 1 aliphatic rings. The third-order valence-corrected chi connectivity index (χ3v) is 5.85. The predicted octanol–water partition coefficient (Wildman–Crippen LogP) is 4.65. The van der Waals surface area contributed by atoms with Crippen molar-refractivity contribution in [3.05, 3.63) is 137 Å². The number of fused-ring (bicyclic) bond motifs is 1. The van der Waals surface area contributed by atoms with E-state index in [9.17, 15) is 19.2 Å². The van der Waals surface area contributed by atoms with Crippen LogP contribution >= 0.6 is 0 Å². The maximum atomic E-state index is 13.2. The van der Waals surface area contributed by atoms with Crippen LogP contribution in [-0.2, 0) is 6.54 Å². The van der Waals surface area contributed by atoms with Crippen molar-refractivity contribution in [3.8, 4) is 0 Å². The molecule has 0 saturated heterocycles. The van der Waals surface area contributed by atoms with Crippen molar-refractivity contribution in [3.63, 3.8) is 0 Å². The van der Waals surface area contributed by atoms with Crippen LogP contribution in [0.15, 0.2) is 103 Å². The first-order chi connectivity index (χ1) is 17.0. The minimum absolute atomic E-state index is 0.155. The predicted molar refractivity (Wildman–Crippen MR) is 132 cm³/mol. The fraction of sp³-hybridized carbons (Fsp3) is 0.0345. The molecule has 0 atom stereocenters. The number of carbonyl (C=O) groups excluding carboxylic acids is 4. The lowest BCUT2D eigenvalue weighted by molar-refractivity contribution is 0.0922. The quantitative estimate of drug-likeness (QED) is 0.335. The lowest BCUT2D eigenvalue weighted by Crippen LogP contribution is -2.29. The molecule has 0 radical (unpaired) electrons. The van der Waals surface area contributed by atoms with Crippen molar-refractivity contribution < 1.29 is 19.2 Å². The Balaban J connectivity index is 1.38. The number of anilines is 1. The minimum atomic E-state index is -0.535. The molecule has 4 aromatic rings. The molecule has 0 saturated carbocycles. The molecule has 1 N–H and O–H groups in total. The molecule has 3 amide bonds. The molecule has 0 aromatic heterocycles. The topological polar surface area (TPSA) is 83.6 Å². The Morgan fingerprint density at radius 2 is 1.29 bits per heavy atom. The van der Waals surface area contributed by atoms with Crippen molar-refractivity contribution in [1.82, 2.24) is 5.32 Å². The van der Waals surface area contributed by atoms with Crippen LogP contribution in [0.3, 0.4) is 0 Å². The Hall–Kier alpha value is -4.84. The highest BCUT2D eigenvalue weighted by atomic mass is 16.2. The lowest BCUT2D eigenvalue weighted by Gasteiger charge is -2.14. The van der Waals surface area contributed by atoms with Crippen LogP contribution in [0.25, 0.3) is 0 Å². The van der Waals surface area contributed by atoms with Crippen molar-refractivity contribution in [2.24, 2.45) is 0 Å². The van der Waals surface area contributed by atoms with Gasteiger partial charge in [0.15, 0.2) is 5.78 Å². The lowest BCUT2D eigenvalue weighted by atomic mass is 10.0. The van der Waals surface area contributed by atoms with Gasteiger partial charge in [-0.15, -0.1) is 0 Å². The molecular formula is C29H20N2O4. The standard InChI is InChI=1S/C29H20N2O4/c32-26(20-10-5-2-6-11-20)21-12-7-13-23(16-21)31-28(34)24-15-14-22(17-25(24)29(31)35)27(33)30-18-19-8-3-1-4-9-19/h1-17H,18H2,(H,30,33). The van der Waals surface area contributed by atoms with Crippen molar-refractivity contribution in [2.75, 3.05) is 4.90 Å². The van der Waals surface area contributed by atoms with Crippen LogP contribution in [0, 0.1) is 0 Å². The average molecular weight is 460 g/mol. The number of carbonyl (C=O) groups is 4. The second-order valence-corrected chi connectivity index (χ2v) is 8.12. The molecule has 0 aliphatic carbocycles. The molecule has 6 heteroatoms. The average Bonchev–Trinajstić information content (AvgIpc) is 3.17. The molecule has 6 nitrogen and oxygen atoms in total. The number of imide groups is 1. The van der Waals surface area contributed by atoms with Gasteiger partial charge in [0.05, 0.1) is 16.8 Å². The summed E-state index contributed by atoms with van der Waals surface area (Å²) in [4.78, 5) is 52.8. The fourth-order valence-corrected chi connectivity index (χ4v) is 4.04. The summed E-state index contributed by atoms with van der Waals surface area (Å²) < 4.78 is 0. The van der Waals surface area contributed by atoms with Crippen molar-refractivity contribution >= 4 is 29.2 Å². The van der Waals surface area contributed by atoms with E-state index in [0.717, 1.165) is 10.5 Å². The van der Waals surface area contributed by atoms with E-state index < -0.39 is 11.8 Å². The smallest absolute Gasteiger partial charge is 0.266 e. The number of hydrogen-bond donors (Lipinski definition) is 1. The van der Waals surface area contributed by atoms with Crippen molar-refractivity contribution in [2.45, 2.75) is 6.54 Å². The molecule has 0 spiro atoms. The maximum absolute atomic E-state index is 13.2. The summed E-state index contributed by atoms with van der Waals surface area (Å²) in [5, 5.41) is 2.82. The summed E-state index contributed by atoms with van der Waals surface area (Å²) in [6, 6.07) is 29.1. The molecule has 0 bridgehead atoms. The normalized spacial score (nSPS) is 12.4. The van der Waals surface area contributed by atoms with Gasteiger partial charge in [-0.2, -0.15) is 0 Å². The van der Waals surface area contributed by atoms with E-state index in [2.05, 4.69) is 5.32 Å². The third kappa shape index (κ3) is 4.25. The first kappa shape index (κ1) is 22.0. The Morgan fingerprint density at radius 1 is 0.629 bits per heavy atom. The SMILES string of the molecule is O=C(NCc1ccccc1)c1ccc2c(c1)C(=O)N(c1cccc(C(=O)c3ccccc3)c1)C2=O. The minimum Gasteiger partial charge on any atom is -0.348 e. The number of nitrogens with one attached hydrogen (secondary N) is 1. The summed E-state index contributed by atoms with van der Waals surface area (Å²) in [6.45, 7) is 0.345. The van der Waals surface area contributed by atoms with Gasteiger partial charge in [0.25, 0.3) is 17.7 Å².